The van der Waals surface area contributed by atoms with E-state index >= 15 is 0 Å². The lowest BCUT2D eigenvalue weighted by molar-refractivity contribution is -0.124. The molecule has 3 rings (SSSR count). The van der Waals surface area contributed by atoms with Crippen LogP contribution < -0.4 is 10.5 Å². The molecule has 0 aromatic heterocycles. The predicted molar refractivity (Wildman–Crippen MR) is 102 cm³/mol. The molecule has 0 aliphatic carbocycles. The van der Waals surface area contributed by atoms with Crippen LogP contribution in [0.4, 0.5) is 0 Å². The predicted octanol–water partition coefficient (Wildman–Crippen LogP) is 4.13. The smallest absolute Gasteiger partial charge is 0.173 e. The second-order valence-electron chi connectivity index (χ2n) is 6.39. The lowest BCUT2D eigenvalue weighted by Crippen LogP contribution is -2.21. The average Bonchev–Trinajstić information content (AvgIpc) is 2.66. The van der Waals surface area contributed by atoms with Crippen molar-refractivity contribution in [2.45, 2.75) is 19.9 Å². The first-order valence-electron chi connectivity index (χ1n) is 8.58. The highest BCUT2D eigenvalue weighted by Crippen LogP contribution is 2.19. The quantitative estimate of drug-likeness (QED) is 0.707. The third-order valence-corrected chi connectivity index (χ3v) is 4.45. The Labute approximate surface area is 148 Å². The maximum atomic E-state index is 12.4. The van der Waals surface area contributed by atoms with Crippen LogP contribution in [0, 0.1) is 5.92 Å². The molecule has 0 aliphatic rings. The minimum absolute atomic E-state index is 0.0792. The average molecular weight is 333 g/mol. The molecule has 3 heteroatoms. The summed E-state index contributed by atoms with van der Waals surface area (Å²) in [5.74, 6) is 0.726. The van der Waals surface area contributed by atoms with E-state index in [1.807, 2.05) is 43.3 Å². The molecular weight excluding hydrogens is 310 g/mol. The van der Waals surface area contributed by atoms with Gasteiger partial charge in [0.15, 0.2) is 5.78 Å². The Morgan fingerprint density at radius 1 is 0.960 bits per heavy atom. The number of ether oxygens (including phenoxy) is 1. The molecule has 0 saturated heterocycles. The summed E-state index contributed by atoms with van der Waals surface area (Å²) in [7, 11) is 0. The Morgan fingerprint density at radius 3 is 2.36 bits per heavy atom. The molecule has 0 unspecified atom stereocenters. The van der Waals surface area contributed by atoms with Crippen molar-refractivity contribution in [3.8, 4) is 5.75 Å². The molecule has 3 aromatic carbocycles. The molecule has 3 aromatic rings. The van der Waals surface area contributed by atoms with Gasteiger partial charge in [0.1, 0.15) is 12.4 Å². The van der Waals surface area contributed by atoms with Gasteiger partial charge < -0.3 is 10.5 Å². The number of ketones is 1. The van der Waals surface area contributed by atoms with E-state index in [1.165, 1.54) is 16.3 Å². The van der Waals surface area contributed by atoms with Crippen LogP contribution in [0.2, 0.25) is 0 Å². The van der Waals surface area contributed by atoms with Crippen molar-refractivity contribution in [2.75, 3.05) is 6.61 Å². The molecular formula is C22H23NO2. The number of nitrogens with two attached hydrogens (primary N) is 1. The Balaban J connectivity index is 1.57. The van der Waals surface area contributed by atoms with Crippen LogP contribution in [0.1, 0.15) is 18.1 Å². The van der Waals surface area contributed by atoms with Gasteiger partial charge in [-0.2, -0.15) is 0 Å². The maximum absolute atomic E-state index is 12.4. The highest BCUT2D eigenvalue weighted by atomic mass is 16.5. The molecule has 25 heavy (non-hydrogen) atoms. The topological polar surface area (TPSA) is 52.3 Å². The fraction of sp³-hybridized carbons (Fsp3) is 0.227. The van der Waals surface area contributed by atoms with Crippen molar-refractivity contribution in [3.63, 3.8) is 0 Å². The summed E-state index contributed by atoms with van der Waals surface area (Å²) in [6.07, 6.45) is 0.721. The molecule has 0 heterocycles. The summed E-state index contributed by atoms with van der Waals surface area (Å²) in [6.45, 7) is 2.55. The number of hydrogen-bond donors (Lipinski definition) is 1. The van der Waals surface area contributed by atoms with Crippen LogP contribution in [0.5, 0.6) is 5.75 Å². The number of benzene rings is 3. The Bertz CT molecular complexity index is 855. The SMILES string of the molecule is C[C@H](Cc1ccc2ccccc2c1)C(=O)COc1ccc(CN)cc1. The number of rotatable bonds is 7. The highest BCUT2D eigenvalue weighted by Gasteiger charge is 2.14. The Morgan fingerprint density at radius 2 is 1.64 bits per heavy atom. The zero-order chi connectivity index (χ0) is 17.6. The summed E-state index contributed by atoms with van der Waals surface area (Å²) in [5, 5.41) is 2.42. The lowest BCUT2D eigenvalue weighted by atomic mass is 9.95. The molecule has 0 aliphatic heterocycles. The van der Waals surface area contributed by atoms with Crippen LogP contribution in [0.3, 0.4) is 0 Å². The normalized spacial score (nSPS) is 12.1. The van der Waals surface area contributed by atoms with Gasteiger partial charge in [-0.3, -0.25) is 4.79 Å². The van der Waals surface area contributed by atoms with Gasteiger partial charge in [-0.05, 0) is 40.5 Å². The molecule has 0 amide bonds. The van der Waals surface area contributed by atoms with Gasteiger partial charge in [0, 0.05) is 12.5 Å². The summed E-state index contributed by atoms with van der Waals surface area (Å²) in [4.78, 5) is 12.4. The van der Waals surface area contributed by atoms with E-state index in [4.69, 9.17) is 10.5 Å². The van der Waals surface area contributed by atoms with Crippen LogP contribution >= 0.6 is 0 Å². The van der Waals surface area contributed by atoms with Gasteiger partial charge in [0.2, 0.25) is 0 Å². The van der Waals surface area contributed by atoms with Gasteiger partial charge in [-0.15, -0.1) is 0 Å². The van der Waals surface area contributed by atoms with Crippen LogP contribution in [-0.4, -0.2) is 12.4 Å². The van der Waals surface area contributed by atoms with Gasteiger partial charge in [-0.25, -0.2) is 0 Å². The van der Waals surface area contributed by atoms with Crippen molar-refractivity contribution in [3.05, 3.63) is 77.9 Å². The van der Waals surface area contributed by atoms with E-state index in [1.54, 1.807) is 0 Å². The first kappa shape index (κ1) is 17.2. The number of Topliss-reactive ketones (excluding diaryl/α,β-unsaturated/α-hetero) is 1. The molecule has 0 bridgehead atoms. The summed E-state index contributed by atoms with van der Waals surface area (Å²) in [6, 6.07) is 22.2. The Kier molecular flexibility index (Phi) is 5.46. The first-order chi connectivity index (χ1) is 12.2. The minimum atomic E-state index is -0.0792. The minimum Gasteiger partial charge on any atom is -0.486 e. The number of carbonyl (C=O) groups is 1. The molecule has 0 fully saturated rings. The molecule has 0 spiro atoms. The van der Waals surface area contributed by atoms with Gasteiger partial charge in [0.05, 0.1) is 0 Å². The largest absolute Gasteiger partial charge is 0.486 e. The van der Waals surface area contributed by atoms with Crippen molar-refractivity contribution in [1.82, 2.24) is 0 Å². The van der Waals surface area contributed by atoms with Crippen molar-refractivity contribution < 1.29 is 9.53 Å². The third kappa shape index (κ3) is 4.46. The summed E-state index contributed by atoms with van der Waals surface area (Å²) < 4.78 is 5.61. The van der Waals surface area contributed by atoms with Gasteiger partial charge in [-0.1, -0.05) is 61.5 Å². The first-order valence-corrected chi connectivity index (χ1v) is 8.58. The lowest BCUT2D eigenvalue weighted by Gasteiger charge is -2.12. The molecule has 2 N–H and O–H groups in total. The molecule has 128 valence electrons. The zero-order valence-corrected chi connectivity index (χ0v) is 14.4. The molecule has 0 radical (unpaired) electrons. The fourth-order valence-corrected chi connectivity index (χ4v) is 2.85. The monoisotopic (exact) mass is 333 g/mol. The second-order valence-corrected chi connectivity index (χ2v) is 6.39. The van der Waals surface area contributed by atoms with Crippen molar-refractivity contribution in [2.24, 2.45) is 11.7 Å². The number of carbonyl (C=O) groups excluding carboxylic acids is 1. The Hall–Kier alpha value is -2.65. The van der Waals surface area contributed by atoms with E-state index in [0.29, 0.717) is 12.3 Å². The standard InChI is InChI=1S/C22H23NO2/c1-16(12-18-6-9-19-4-2-3-5-20(19)13-18)22(24)15-25-21-10-7-17(14-23)8-11-21/h2-11,13,16H,12,14-15,23H2,1H3/t16-/m1/s1. The van der Waals surface area contributed by atoms with Gasteiger partial charge >= 0.3 is 0 Å². The number of hydrogen-bond acceptors (Lipinski definition) is 3. The molecule has 0 saturated carbocycles. The highest BCUT2D eigenvalue weighted by molar-refractivity contribution is 5.84. The van der Waals surface area contributed by atoms with E-state index in [0.717, 1.165) is 12.0 Å². The van der Waals surface area contributed by atoms with E-state index in [9.17, 15) is 4.79 Å². The molecule has 3 nitrogen and oxygen atoms in total. The van der Waals surface area contributed by atoms with Gasteiger partial charge in [0.25, 0.3) is 0 Å². The van der Waals surface area contributed by atoms with Crippen molar-refractivity contribution >= 4 is 16.6 Å². The summed E-state index contributed by atoms with van der Waals surface area (Å²) in [5.41, 5.74) is 7.79. The summed E-state index contributed by atoms with van der Waals surface area (Å²) >= 11 is 0. The second kappa shape index (κ2) is 7.95. The van der Waals surface area contributed by atoms with Crippen molar-refractivity contribution in [1.29, 1.82) is 0 Å². The van der Waals surface area contributed by atoms with E-state index in [2.05, 4.69) is 30.3 Å². The van der Waals surface area contributed by atoms with Crippen LogP contribution in [0.15, 0.2) is 66.7 Å². The third-order valence-electron chi connectivity index (χ3n) is 4.45. The van der Waals surface area contributed by atoms with Crippen LogP contribution in [0.25, 0.3) is 10.8 Å². The zero-order valence-electron chi connectivity index (χ0n) is 14.4. The number of fused-ring (bicyclic) bond motifs is 1. The van der Waals surface area contributed by atoms with E-state index in [-0.39, 0.29) is 18.3 Å². The van der Waals surface area contributed by atoms with E-state index < -0.39 is 0 Å². The molecule has 1 atom stereocenters. The van der Waals surface area contributed by atoms with Crippen LogP contribution in [-0.2, 0) is 17.8 Å². The maximum Gasteiger partial charge on any atom is 0.173 e. The fourth-order valence-electron chi connectivity index (χ4n) is 2.85.